The van der Waals surface area contributed by atoms with Gasteiger partial charge in [0.1, 0.15) is 5.75 Å². The molecule has 6 nitrogen and oxygen atoms in total. The normalized spacial score (nSPS) is 10.3. The largest absolute Gasteiger partial charge is 0.493 e. The van der Waals surface area contributed by atoms with Crippen molar-refractivity contribution in [3.05, 3.63) is 67.0 Å². The Hall–Kier alpha value is -3.11. The molecule has 0 fully saturated rings. The van der Waals surface area contributed by atoms with E-state index in [1.54, 1.807) is 48.4 Å². The fourth-order valence-corrected chi connectivity index (χ4v) is 3.09. The molecule has 3 rings (SSSR count). The van der Waals surface area contributed by atoms with Gasteiger partial charge in [0.15, 0.2) is 11.0 Å². The van der Waals surface area contributed by atoms with Gasteiger partial charge in [-0.2, -0.15) is 5.26 Å². The quantitative estimate of drug-likeness (QED) is 0.346. The second-order valence-corrected chi connectivity index (χ2v) is 6.34. The molecule has 0 saturated heterocycles. The van der Waals surface area contributed by atoms with Crippen LogP contribution in [0.3, 0.4) is 0 Å². The molecule has 2 aromatic heterocycles. The van der Waals surface area contributed by atoms with Crippen LogP contribution in [0.1, 0.15) is 5.56 Å². The van der Waals surface area contributed by atoms with Gasteiger partial charge in [0.05, 0.1) is 18.2 Å². The molecule has 1 aromatic carbocycles. The zero-order valence-corrected chi connectivity index (χ0v) is 14.9. The monoisotopic (exact) mass is 363 g/mol. The Morgan fingerprint density at radius 2 is 1.92 bits per heavy atom. The number of allylic oxidation sites excluding steroid dienone is 1. The van der Waals surface area contributed by atoms with Gasteiger partial charge in [-0.1, -0.05) is 17.8 Å². The Bertz CT molecular complexity index is 900. The summed E-state index contributed by atoms with van der Waals surface area (Å²) in [6.07, 6.45) is 5.30. The van der Waals surface area contributed by atoms with Crippen LogP contribution in [-0.4, -0.2) is 32.1 Å². The van der Waals surface area contributed by atoms with Crippen molar-refractivity contribution >= 4 is 11.8 Å². The summed E-state index contributed by atoms with van der Waals surface area (Å²) < 4.78 is 7.72. The summed E-state index contributed by atoms with van der Waals surface area (Å²) in [6.45, 7) is 4.97. The third-order valence-corrected chi connectivity index (χ3v) is 4.46. The van der Waals surface area contributed by atoms with Crippen molar-refractivity contribution in [3.63, 3.8) is 0 Å². The van der Waals surface area contributed by atoms with Gasteiger partial charge in [0.25, 0.3) is 0 Å². The minimum absolute atomic E-state index is 0.530. The van der Waals surface area contributed by atoms with Gasteiger partial charge in [-0.3, -0.25) is 9.55 Å². The number of ether oxygens (including phenoxy) is 1. The van der Waals surface area contributed by atoms with E-state index in [0.29, 0.717) is 18.7 Å². The summed E-state index contributed by atoms with van der Waals surface area (Å²) >= 11 is 1.58. The van der Waals surface area contributed by atoms with E-state index in [0.717, 1.165) is 28.0 Å². The predicted octanol–water partition coefficient (Wildman–Crippen LogP) is 3.57. The lowest BCUT2D eigenvalue weighted by Gasteiger charge is -2.08. The van der Waals surface area contributed by atoms with Crippen LogP contribution in [0, 0.1) is 11.3 Å². The van der Waals surface area contributed by atoms with Crippen LogP contribution in [-0.2, 0) is 6.54 Å². The lowest BCUT2D eigenvalue weighted by Crippen LogP contribution is -2.04. The first-order chi connectivity index (χ1) is 12.8. The minimum atomic E-state index is 0.530. The van der Waals surface area contributed by atoms with Crippen LogP contribution in [0.4, 0.5) is 0 Å². The number of nitrogens with zero attached hydrogens (tertiary/aromatic N) is 5. The number of rotatable bonds is 8. The van der Waals surface area contributed by atoms with Gasteiger partial charge in [-0.05, 0) is 36.4 Å². The molecule has 0 aliphatic carbocycles. The number of pyridine rings is 1. The number of nitriles is 1. The summed E-state index contributed by atoms with van der Waals surface area (Å²) in [7, 11) is 0. The topological polar surface area (TPSA) is 76.6 Å². The van der Waals surface area contributed by atoms with Crippen LogP contribution in [0.2, 0.25) is 0 Å². The molecular formula is C19H17N5OS. The first-order valence-electron chi connectivity index (χ1n) is 8.02. The van der Waals surface area contributed by atoms with Crippen molar-refractivity contribution in [2.75, 3.05) is 12.4 Å². The molecule has 0 atom stereocenters. The smallest absolute Gasteiger partial charge is 0.191 e. The Morgan fingerprint density at radius 3 is 2.62 bits per heavy atom. The summed E-state index contributed by atoms with van der Waals surface area (Å²) in [5.74, 6) is 2.27. The highest BCUT2D eigenvalue weighted by molar-refractivity contribution is 7.99. The van der Waals surface area contributed by atoms with E-state index in [-0.39, 0.29) is 0 Å². The maximum atomic E-state index is 8.80. The fraction of sp³-hybridized carbons (Fsp3) is 0.158. The van der Waals surface area contributed by atoms with E-state index in [1.165, 1.54) is 0 Å². The minimum Gasteiger partial charge on any atom is -0.493 e. The summed E-state index contributed by atoms with van der Waals surface area (Å²) in [5, 5.41) is 18.2. The van der Waals surface area contributed by atoms with Gasteiger partial charge in [-0.15, -0.1) is 16.8 Å². The lowest BCUT2D eigenvalue weighted by atomic mass is 10.2. The second-order valence-electron chi connectivity index (χ2n) is 5.27. The molecule has 26 heavy (non-hydrogen) atoms. The number of thioether (sulfide) groups is 1. The Labute approximate surface area is 156 Å². The van der Waals surface area contributed by atoms with Crippen molar-refractivity contribution in [2.45, 2.75) is 11.7 Å². The maximum absolute atomic E-state index is 8.80. The molecule has 0 saturated carbocycles. The number of hydrogen-bond acceptors (Lipinski definition) is 6. The highest BCUT2D eigenvalue weighted by Crippen LogP contribution is 2.23. The van der Waals surface area contributed by atoms with Gasteiger partial charge < -0.3 is 4.74 Å². The molecule has 0 aliphatic rings. The van der Waals surface area contributed by atoms with Gasteiger partial charge >= 0.3 is 0 Å². The SMILES string of the molecule is C=CCn1c(SCCOc2ccc(C#N)cc2)nnc1-c1ccncc1. The molecule has 0 bridgehead atoms. The Balaban J connectivity index is 1.61. The molecule has 0 aliphatic heterocycles. The maximum Gasteiger partial charge on any atom is 0.191 e. The molecule has 0 unspecified atom stereocenters. The Kier molecular flexibility index (Phi) is 6.01. The van der Waals surface area contributed by atoms with E-state index in [1.807, 2.05) is 22.8 Å². The molecule has 0 spiro atoms. The standard InChI is InChI=1S/C19H17N5OS/c1-2-11-24-18(16-7-9-21-10-8-16)22-23-19(24)26-13-12-25-17-5-3-15(14-20)4-6-17/h2-10H,1,11-13H2. The average molecular weight is 363 g/mol. The highest BCUT2D eigenvalue weighted by Gasteiger charge is 2.13. The van der Waals surface area contributed by atoms with Crippen molar-refractivity contribution < 1.29 is 4.74 Å². The first-order valence-corrected chi connectivity index (χ1v) is 9.00. The lowest BCUT2D eigenvalue weighted by molar-refractivity contribution is 0.344. The van der Waals surface area contributed by atoms with Crippen molar-refractivity contribution in [3.8, 4) is 23.2 Å². The summed E-state index contributed by atoms with van der Waals surface area (Å²) in [5.41, 5.74) is 1.59. The third-order valence-electron chi connectivity index (χ3n) is 3.53. The first kappa shape index (κ1) is 17.7. The number of aromatic nitrogens is 4. The number of hydrogen-bond donors (Lipinski definition) is 0. The molecule has 7 heteroatoms. The summed E-state index contributed by atoms with van der Waals surface area (Å²) in [6, 6.07) is 13.0. The number of benzene rings is 1. The predicted molar refractivity (Wildman–Crippen MR) is 101 cm³/mol. The van der Waals surface area contributed by atoms with Crippen molar-refractivity contribution in [1.29, 1.82) is 5.26 Å². The molecule has 0 N–H and O–H groups in total. The molecular weight excluding hydrogens is 346 g/mol. The van der Waals surface area contributed by atoms with E-state index in [2.05, 4.69) is 27.8 Å². The molecule has 130 valence electrons. The molecule has 0 amide bonds. The van der Waals surface area contributed by atoms with E-state index >= 15 is 0 Å². The molecule has 3 aromatic rings. The van der Waals surface area contributed by atoms with Crippen molar-refractivity contribution in [1.82, 2.24) is 19.7 Å². The average Bonchev–Trinajstić information content (AvgIpc) is 3.09. The van der Waals surface area contributed by atoms with Gasteiger partial charge in [-0.25, -0.2) is 0 Å². The van der Waals surface area contributed by atoms with Crippen LogP contribution >= 0.6 is 11.8 Å². The molecule has 0 radical (unpaired) electrons. The van der Waals surface area contributed by atoms with Gasteiger partial charge in [0, 0.05) is 30.3 Å². The van der Waals surface area contributed by atoms with Crippen LogP contribution in [0.15, 0.2) is 66.6 Å². The van der Waals surface area contributed by atoms with Crippen LogP contribution in [0.25, 0.3) is 11.4 Å². The zero-order valence-electron chi connectivity index (χ0n) is 14.1. The van der Waals surface area contributed by atoms with E-state index in [4.69, 9.17) is 10.00 Å². The third kappa shape index (κ3) is 4.29. The van der Waals surface area contributed by atoms with E-state index in [9.17, 15) is 0 Å². The Morgan fingerprint density at radius 1 is 1.15 bits per heavy atom. The van der Waals surface area contributed by atoms with Gasteiger partial charge in [0.2, 0.25) is 0 Å². The molecule has 2 heterocycles. The summed E-state index contributed by atoms with van der Waals surface area (Å²) in [4.78, 5) is 4.04. The van der Waals surface area contributed by atoms with E-state index < -0.39 is 0 Å². The zero-order chi connectivity index (χ0) is 18.2. The van der Waals surface area contributed by atoms with Crippen LogP contribution < -0.4 is 4.74 Å². The highest BCUT2D eigenvalue weighted by atomic mass is 32.2. The fourth-order valence-electron chi connectivity index (χ4n) is 2.32. The second kappa shape index (κ2) is 8.83. The van der Waals surface area contributed by atoms with Crippen molar-refractivity contribution in [2.24, 2.45) is 0 Å². The van der Waals surface area contributed by atoms with Crippen LogP contribution in [0.5, 0.6) is 5.75 Å².